The minimum absolute atomic E-state index is 0.357. The lowest BCUT2D eigenvalue weighted by Crippen LogP contribution is -2.34. The number of rotatable bonds is 0. The quantitative estimate of drug-likeness (QED) is 0.616. The molecule has 0 aromatic carbocycles. The van der Waals surface area contributed by atoms with Crippen LogP contribution in [0.4, 0.5) is 0 Å². The molecule has 3 atom stereocenters. The van der Waals surface area contributed by atoms with Crippen molar-refractivity contribution in [3.8, 4) is 0 Å². The summed E-state index contributed by atoms with van der Waals surface area (Å²) in [4.78, 5) is 0. The van der Waals surface area contributed by atoms with Crippen LogP contribution in [0.25, 0.3) is 0 Å². The molecule has 2 aliphatic carbocycles. The van der Waals surface area contributed by atoms with Gasteiger partial charge < -0.3 is 5.73 Å². The summed E-state index contributed by atoms with van der Waals surface area (Å²) in [6.07, 6.45) is 22.7. The molecule has 3 unspecified atom stereocenters. The predicted molar refractivity (Wildman–Crippen MR) is 93.2 cm³/mol. The highest BCUT2D eigenvalue weighted by atomic mass is 14.7. The van der Waals surface area contributed by atoms with Crippen molar-refractivity contribution in [3.05, 3.63) is 24.3 Å². The molecular formula is C20H35N. The Kier molecular flexibility index (Phi) is 6.54. The van der Waals surface area contributed by atoms with E-state index in [4.69, 9.17) is 5.73 Å². The van der Waals surface area contributed by atoms with Crippen molar-refractivity contribution in [2.24, 2.45) is 23.0 Å². The number of fused-ring (bicyclic) bond motifs is 1. The third-order valence-electron chi connectivity index (χ3n) is 5.57. The molecule has 2 aliphatic rings. The molecule has 0 bridgehead atoms. The van der Waals surface area contributed by atoms with E-state index in [2.05, 4.69) is 38.2 Å². The van der Waals surface area contributed by atoms with Gasteiger partial charge in [0.2, 0.25) is 0 Å². The predicted octanol–water partition coefficient (Wildman–Crippen LogP) is 5.61. The topological polar surface area (TPSA) is 26.0 Å². The molecule has 2 rings (SSSR count). The molecule has 0 aliphatic heterocycles. The molecule has 0 amide bonds. The van der Waals surface area contributed by atoms with E-state index in [1.54, 1.807) is 0 Å². The summed E-state index contributed by atoms with van der Waals surface area (Å²) < 4.78 is 0. The Morgan fingerprint density at radius 1 is 0.810 bits per heavy atom. The smallest absolute Gasteiger partial charge is 0.0108 e. The van der Waals surface area contributed by atoms with Crippen LogP contribution in [0.1, 0.15) is 78.1 Å². The first-order valence-electron chi connectivity index (χ1n) is 9.19. The van der Waals surface area contributed by atoms with Gasteiger partial charge in [0.15, 0.2) is 0 Å². The van der Waals surface area contributed by atoms with E-state index < -0.39 is 0 Å². The first-order valence-corrected chi connectivity index (χ1v) is 9.19. The van der Waals surface area contributed by atoms with Crippen LogP contribution in [-0.4, -0.2) is 6.04 Å². The van der Waals surface area contributed by atoms with E-state index in [1.165, 1.54) is 64.2 Å². The lowest BCUT2D eigenvalue weighted by Gasteiger charge is -2.31. The molecule has 1 fully saturated rings. The number of allylic oxidation sites excluding steroid dienone is 3. The van der Waals surface area contributed by atoms with E-state index in [0.29, 0.717) is 23.3 Å². The van der Waals surface area contributed by atoms with Gasteiger partial charge in [0.25, 0.3) is 0 Å². The molecule has 0 heterocycles. The first kappa shape index (κ1) is 16.8. The highest BCUT2D eigenvalue weighted by Crippen LogP contribution is 2.33. The molecule has 0 aromatic rings. The van der Waals surface area contributed by atoms with E-state index in [9.17, 15) is 0 Å². The van der Waals surface area contributed by atoms with Crippen molar-refractivity contribution < 1.29 is 0 Å². The van der Waals surface area contributed by atoms with Crippen LogP contribution in [0.2, 0.25) is 0 Å². The lowest BCUT2D eigenvalue weighted by atomic mass is 9.77. The molecule has 1 nitrogen and oxygen atoms in total. The normalized spacial score (nSPS) is 34.9. The zero-order valence-corrected chi connectivity index (χ0v) is 14.2. The van der Waals surface area contributed by atoms with Crippen LogP contribution in [0.15, 0.2) is 24.3 Å². The van der Waals surface area contributed by atoms with Gasteiger partial charge in [-0.2, -0.15) is 0 Å². The van der Waals surface area contributed by atoms with Gasteiger partial charge in [-0.25, -0.2) is 0 Å². The standard InChI is InChI=1S/C20H35N/c1-20(2)15-9-4-3-5-14-19(21)18-13-7-6-11-17(18)12-8-10-16-20/h6-7,11,13,17-19H,3-5,8-10,12,14-16,21H2,1-2H3. The average Bonchev–Trinajstić information content (AvgIpc) is 2.46. The maximum absolute atomic E-state index is 6.50. The van der Waals surface area contributed by atoms with Gasteiger partial charge in [0.05, 0.1) is 0 Å². The van der Waals surface area contributed by atoms with Crippen molar-refractivity contribution in [1.82, 2.24) is 0 Å². The highest BCUT2D eigenvalue weighted by molar-refractivity contribution is 5.16. The molecule has 0 aromatic heterocycles. The third kappa shape index (κ3) is 5.62. The maximum Gasteiger partial charge on any atom is 0.0108 e. The van der Waals surface area contributed by atoms with Crippen LogP contribution < -0.4 is 5.73 Å². The van der Waals surface area contributed by atoms with E-state index in [1.807, 2.05) is 0 Å². The molecule has 2 N–H and O–H groups in total. The first-order chi connectivity index (χ1) is 10.1. The summed E-state index contributed by atoms with van der Waals surface area (Å²) in [5.74, 6) is 1.25. The number of hydrogen-bond acceptors (Lipinski definition) is 1. The Labute approximate surface area is 132 Å². The molecule has 0 saturated heterocycles. The van der Waals surface area contributed by atoms with Crippen molar-refractivity contribution in [2.45, 2.75) is 84.1 Å². The summed E-state index contributed by atoms with van der Waals surface area (Å²) >= 11 is 0. The van der Waals surface area contributed by atoms with E-state index in [-0.39, 0.29) is 0 Å². The van der Waals surface area contributed by atoms with Crippen molar-refractivity contribution >= 4 is 0 Å². The largest absolute Gasteiger partial charge is 0.327 e. The molecular weight excluding hydrogens is 254 g/mol. The Morgan fingerprint density at radius 2 is 1.43 bits per heavy atom. The molecule has 0 radical (unpaired) electrons. The second-order valence-electron chi connectivity index (χ2n) is 8.04. The fourth-order valence-electron chi connectivity index (χ4n) is 4.06. The second-order valence-corrected chi connectivity index (χ2v) is 8.04. The molecule has 1 heteroatoms. The summed E-state index contributed by atoms with van der Waals surface area (Å²) in [6.45, 7) is 4.92. The summed E-state index contributed by atoms with van der Waals surface area (Å²) in [5, 5.41) is 0. The van der Waals surface area contributed by atoms with Crippen LogP contribution in [-0.2, 0) is 0 Å². The van der Waals surface area contributed by atoms with E-state index >= 15 is 0 Å². The van der Waals surface area contributed by atoms with Gasteiger partial charge in [0, 0.05) is 6.04 Å². The summed E-state index contributed by atoms with van der Waals surface area (Å²) in [6, 6.07) is 0.357. The third-order valence-corrected chi connectivity index (χ3v) is 5.57. The molecule has 21 heavy (non-hydrogen) atoms. The number of nitrogens with two attached hydrogens (primary N) is 1. The Balaban J connectivity index is 1.94. The van der Waals surface area contributed by atoms with Crippen molar-refractivity contribution in [2.75, 3.05) is 0 Å². The number of hydrogen-bond donors (Lipinski definition) is 1. The van der Waals surface area contributed by atoms with Gasteiger partial charge in [-0.15, -0.1) is 0 Å². The summed E-state index contributed by atoms with van der Waals surface area (Å²) in [7, 11) is 0. The maximum atomic E-state index is 6.50. The fraction of sp³-hybridized carbons (Fsp3) is 0.800. The fourth-order valence-corrected chi connectivity index (χ4v) is 4.06. The monoisotopic (exact) mass is 289 g/mol. The van der Waals surface area contributed by atoms with Crippen LogP contribution >= 0.6 is 0 Å². The minimum atomic E-state index is 0.357. The van der Waals surface area contributed by atoms with Gasteiger partial charge >= 0.3 is 0 Å². The Morgan fingerprint density at radius 3 is 2.24 bits per heavy atom. The molecule has 120 valence electrons. The second kappa shape index (κ2) is 8.17. The van der Waals surface area contributed by atoms with Crippen LogP contribution in [0, 0.1) is 17.3 Å². The molecule has 0 spiro atoms. The van der Waals surface area contributed by atoms with E-state index in [0.717, 1.165) is 0 Å². The van der Waals surface area contributed by atoms with Gasteiger partial charge in [-0.1, -0.05) is 76.7 Å². The van der Waals surface area contributed by atoms with Gasteiger partial charge in [-0.05, 0) is 42.9 Å². The zero-order valence-electron chi connectivity index (χ0n) is 14.2. The van der Waals surface area contributed by atoms with Gasteiger partial charge in [0.1, 0.15) is 0 Å². The molecule has 1 saturated carbocycles. The Hall–Kier alpha value is -0.560. The Bertz CT molecular complexity index is 353. The summed E-state index contributed by atoms with van der Waals surface area (Å²) in [5.41, 5.74) is 7.04. The van der Waals surface area contributed by atoms with Crippen molar-refractivity contribution in [3.63, 3.8) is 0 Å². The lowest BCUT2D eigenvalue weighted by molar-refractivity contribution is 0.269. The van der Waals surface area contributed by atoms with Gasteiger partial charge in [-0.3, -0.25) is 0 Å². The minimum Gasteiger partial charge on any atom is -0.327 e. The van der Waals surface area contributed by atoms with Crippen molar-refractivity contribution in [1.29, 1.82) is 0 Å². The van der Waals surface area contributed by atoms with Crippen LogP contribution in [0.5, 0.6) is 0 Å². The average molecular weight is 290 g/mol. The van der Waals surface area contributed by atoms with Crippen LogP contribution in [0.3, 0.4) is 0 Å². The SMILES string of the molecule is CC1(C)CCCCCCC(N)C2C=CC=CC2CCCC1. The highest BCUT2D eigenvalue weighted by Gasteiger charge is 2.25. The zero-order chi connectivity index (χ0) is 15.1.